The molecule has 0 radical (unpaired) electrons. The number of nitrogens with one attached hydrogen (secondary N) is 3. The number of hydrogen-bond acceptors (Lipinski definition) is 8. The van der Waals surface area contributed by atoms with Crippen molar-refractivity contribution in [2.24, 2.45) is 0 Å². The van der Waals surface area contributed by atoms with Gasteiger partial charge in [0.1, 0.15) is 24.2 Å². The summed E-state index contributed by atoms with van der Waals surface area (Å²) in [5.74, 6) is 1.00. The average Bonchev–Trinajstić information content (AvgIpc) is 3.69. The maximum Gasteiger partial charge on any atom is 0.405 e. The van der Waals surface area contributed by atoms with Gasteiger partial charge in [0.05, 0.1) is 23.8 Å². The minimum Gasteiger partial charge on any atom is -0.485 e. The largest absolute Gasteiger partial charge is 0.485 e. The molecule has 49 heavy (non-hydrogen) atoms. The second-order valence-corrected chi connectivity index (χ2v) is 12.1. The third-order valence-corrected chi connectivity index (χ3v) is 8.73. The molecule has 3 aliphatic heterocycles. The van der Waals surface area contributed by atoms with Crippen LogP contribution in [0.3, 0.4) is 0 Å². The molecule has 7 rings (SSSR count). The van der Waals surface area contributed by atoms with Crippen LogP contribution in [0.2, 0.25) is 0 Å². The van der Waals surface area contributed by atoms with Crippen LogP contribution >= 0.6 is 0 Å². The molecule has 2 fully saturated rings. The molecular weight excluding hydrogens is 628 g/mol. The molecule has 0 saturated carbocycles. The molecule has 5 heterocycles. The molecular formula is C35H34N8O6. The molecule has 4 aromatic rings. The van der Waals surface area contributed by atoms with Gasteiger partial charge in [-0.25, -0.2) is 14.6 Å². The molecule has 14 heteroatoms. The maximum absolute atomic E-state index is 13.4. The minimum absolute atomic E-state index is 0.134. The number of anilines is 5. The third kappa shape index (κ3) is 6.66. The van der Waals surface area contributed by atoms with Crippen molar-refractivity contribution in [2.75, 3.05) is 46.6 Å². The lowest BCUT2D eigenvalue weighted by molar-refractivity contribution is -0.117. The monoisotopic (exact) mass is 662 g/mol. The summed E-state index contributed by atoms with van der Waals surface area (Å²) in [5, 5.41) is 16.6. The summed E-state index contributed by atoms with van der Waals surface area (Å²) in [6.45, 7) is 3.76. The van der Waals surface area contributed by atoms with Crippen molar-refractivity contribution in [1.29, 1.82) is 0 Å². The summed E-state index contributed by atoms with van der Waals surface area (Å²) in [6.07, 6.45) is 5.08. The van der Waals surface area contributed by atoms with Crippen molar-refractivity contribution in [3.8, 4) is 16.9 Å². The topological polar surface area (TPSA) is 169 Å². The Morgan fingerprint density at radius 3 is 2.53 bits per heavy atom. The van der Waals surface area contributed by atoms with Gasteiger partial charge >= 0.3 is 12.1 Å². The molecule has 4 N–H and O–H groups in total. The SMILES string of the molecule is CC1Oc2cc(N3CCCC3=O)ccc2-c2cnc(Nc3cncc(N4CCN(Cc5ccc(NC(=O)CNC(=O)O)cc5)C4=O)c3)cc21. The normalized spacial score (nSPS) is 16.6. The Labute approximate surface area is 281 Å². The highest BCUT2D eigenvalue weighted by atomic mass is 16.5. The summed E-state index contributed by atoms with van der Waals surface area (Å²) in [4.78, 5) is 62.4. The van der Waals surface area contributed by atoms with Crippen LogP contribution in [0.4, 0.5) is 38.2 Å². The fourth-order valence-corrected chi connectivity index (χ4v) is 6.31. The van der Waals surface area contributed by atoms with Gasteiger partial charge in [0, 0.05) is 72.9 Å². The molecule has 14 nitrogen and oxygen atoms in total. The molecule has 0 bridgehead atoms. The van der Waals surface area contributed by atoms with Gasteiger partial charge in [-0.05, 0) is 55.3 Å². The highest BCUT2D eigenvalue weighted by molar-refractivity contribution is 5.97. The molecule has 0 spiro atoms. The summed E-state index contributed by atoms with van der Waals surface area (Å²) in [7, 11) is 0. The van der Waals surface area contributed by atoms with Crippen molar-refractivity contribution in [3.05, 3.63) is 84.3 Å². The van der Waals surface area contributed by atoms with E-state index >= 15 is 0 Å². The number of pyridine rings is 2. The number of aromatic nitrogens is 2. The molecule has 3 aliphatic rings. The van der Waals surface area contributed by atoms with Crippen molar-refractivity contribution < 1.29 is 29.0 Å². The Morgan fingerprint density at radius 1 is 0.918 bits per heavy atom. The average molecular weight is 663 g/mol. The first kappa shape index (κ1) is 31.4. The fourth-order valence-electron chi connectivity index (χ4n) is 6.31. The molecule has 2 aromatic heterocycles. The van der Waals surface area contributed by atoms with E-state index in [1.807, 2.05) is 65.8 Å². The van der Waals surface area contributed by atoms with E-state index in [4.69, 9.17) is 9.84 Å². The number of rotatable bonds is 9. The Balaban J connectivity index is 0.995. The highest BCUT2D eigenvalue weighted by Crippen LogP contribution is 2.44. The number of carbonyl (C=O) groups excluding carboxylic acids is 3. The van der Waals surface area contributed by atoms with Gasteiger partial charge in [0.2, 0.25) is 11.8 Å². The second kappa shape index (κ2) is 13.1. The Kier molecular flexibility index (Phi) is 8.43. The summed E-state index contributed by atoms with van der Waals surface area (Å²) < 4.78 is 6.30. The predicted octanol–water partition coefficient (Wildman–Crippen LogP) is 5.12. The van der Waals surface area contributed by atoms with E-state index in [1.165, 1.54) is 0 Å². The van der Waals surface area contributed by atoms with Gasteiger partial charge in [0.25, 0.3) is 0 Å². The molecule has 5 amide bonds. The number of carboxylic acid groups (broad SMARTS) is 1. The van der Waals surface area contributed by atoms with Crippen LogP contribution < -0.4 is 30.5 Å². The van der Waals surface area contributed by atoms with E-state index in [9.17, 15) is 19.2 Å². The molecule has 2 saturated heterocycles. The van der Waals surface area contributed by atoms with E-state index < -0.39 is 12.0 Å². The smallest absolute Gasteiger partial charge is 0.405 e. The van der Waals surface area contributed by atoms with Crippen LogP contribution in [-0.2, 0) is 16.1 Å². The Hall–Kier alpha value is -6.18. The van der Waals surface area contributed by atoms with Gasteiger partial charge < -0.3 is 35.6 Å². The van der Waals surface area contributed by atoms with E-state index in [0.717, 1.165) is 46.7 Å². The number of hydrogen-bond donors (Lipinski definition) is 4. The lowest BCUT2D eigenvalue weighted by Gasteiger charge is -2.28. The van der Waals surface area contributed by atoms with E-state index in [1.54, 1.807) is 34.3 Å². The molecule has 1 unspecified atom stereocenters. The van der Waals surface area contributed by atoms with E-state index in [2.05, 4.69) is 20.6 Å². The zero-order valence-corrected chi connectivity index (χ0v) is 26.7. The first-order valence-electron chi connectivity index (χ1n) is 16.0. The van der Waals surface area contributed by atoms with Crippen LogP contribution in [0.1, 0.15) is 37.0 Å². The first-order valence-corrected chi connectivity index (χ1v) is 16.0. The van der Waals surface area contributed by atoms with E-state index in [0.29, 0.717) is 48.9 Å². The van der Waals surface area contributed by atoms with Gasteiger partial charge in [-0.3, -0.25) is 19.5 Å². The zero-order valence-electron chi connectivity index (χ0n) is 26.7. The predicted molar refractivity (Wildman–Crippen MR) is 182 cm³/mol. The van der Waals surface area contributed by atoms with E-state index in [-0.39, 0.29) is 24.6 Å². The number of amides is 5. The lowest BCUT2D eigenvalue weighted by Crippen LogP contribution is -2.32. The fraction of sp³-hybridized carbons (Fsp3) is 0.257. The van der Waals surface area contributed by atoms with Gasteiger partial charge in [-0.1, -0.05) is 12.1 Å². The van der Waals surface area contributed by atoms with Crippen molar-refractivity contribution in [3.63, 3.8) is 0 Å². The standard InChI is InChI=1S/C35H34N8O6/c1-21-28-15-31(37-18-29(28)27-9-8-25(14-30(27)49-21)42-10-2-3-33(42)45)39-24-13-26(17-36-16-24)43-12-11-41(35(43)48)20-22-4-6-23(7-5-22)40-32(44)19-38-34(46)47/h4-9,13-18,21,38H,2-3,10-12,19-20H2,1H3,(H,37,39)(H,40,44)(H,46,47). The van der Waals surface area contributed by atoms with Crippen LogP contribution in [0.5, 0.6) is 5.75 Å². The number of urea groups is 1. The summed E-state index contributed by atoms with van der Waals surface area (Å²) in [5.41, 5.74) is 6.47. The highest BCUT2D eigenvalue weighted by Gasteiger charge is 2.30. The van der Waals surface area contributed by atoms with Crippen molar-refractivity contribution >= 4 is 52.5 Å². The molecule has 0 aliphatic carbocycles. The molecule has 1 atom stereocenters. The van der Waals surface area contributed by atoms with Gasteiger partial charge in [0.15, 0.2) is 0 Å². The van der Waals surface area contributed by atoms with Gasteiger partial charge in [-0.15, -0.1) is 0 Å². The third-order valence-electron chi connectivity index (χ3n) is 8.73. The summed E-state index contributed by atoms with van der Waals surface area (Å²) in [6, 6.07) is 16.6. The van der Waals surface area contributed by atoms with Crippen LogP contribution in [0.25, 0.3) is 11.1 Å². The number of carbonyl (C=O) groups is 4. The maximum atomic E-state index is 13.4. The van der Waals surface area contributed by atoms with Crippen molar-refractivity contribution in [2.45, 2.75) is 32.4 Å². The molecule has 2 aromatic carbocycles. The quantitative estimate of drug-likeness (QED) is 0.190. The number of fused-ring (bicyclic) bond motifs is 3. The first-order chi connectivity index (χ1) is 23.7. The van der Waals surface area contributed by atoms with Crippen LogP contribution in [-0.4, -0.2) is 70.1 Å². The van der Waals surface area contributed by atoms with Crippen molar-refractivity contribution in [1.82, 2.24) is 20.2 Å². The Morgan fingerprint density at radius 2 is 1.76 bits per heavy atom. The van der Waals surface area contributed by atoms with Crippen LogP contribution in [0, 0.1) is 0 Å². The minimum atomic E-state index is -1.27. The number of benzene rings is 2. The Bertz CT molecular complexity index is 1950. The lowest BCUT2D eigenvalue weighted by atomic mass is 9.94. The second-order valence-electron chi connectivity index (χ2n) is 12.1. The number of nitrogens with zero attached hydrogens (tertiary/aromatic N) is 5. The van der Waals surface area contributed by atoms with Crippen LogP contribution in [0.15, 0.2) is 73.2 Å². The number of ether oxygens (including phenoxy) is 1. The zero-order chi connectivity index (χ0) is 34.1. The summed E-state index contributed by atoms with van der Waals surface area (Å²) >= 11 is 0. The molecule has 250 valence electrons. The van der Waals surface area contributed by atoms with Gasteiger partial charge in [-0.2, -0.15) is 0 Å².